The van der Waals surface area contributed by atoms with Gasteiger partial charge in [0.25, 0.3) is 0 Å². The second-order valence-electron chi connectivity index (χ2n) is 6.68. The molecule has 1 heterocycles. The lowest BCUT2D eigenvalue weighted by molar-refractivity contribution is -1.01. The molecule has 1 saturated heterocycles. The first-order valence-corrected chi connectivity index (χ1v) is 8.35. The molecule has 0 unspecified atom stereocenters. The maximum Gasteiger partial charge on any atom is 0.127 e. The van der Waals surface area contributed by atoms with Crippen molar-refractivity contribution in [2.24, 2.45) is 0 Å². The maximum atomic E-state index is 2.33. The van der Waals surface area contributed by atoms with Gasteiger partial charge in [0.2, 0.25) is 0 Å². The summed E-state index contributed by atoms with van der Waals surface area (Å²) in [5.74, 6) is 0. The van der Waals surface area contributed by atoms with Crippen LogP contribution in [-0.4, -0.2) is 33.2 Å². The van der Waals surface area contributed by atoms with Crippen LogP contribution < -0.4 is 9.80 Å². The molecule has 0 atom stereocenters. The summed E-state index contributed by atoms with van der Waals surface area (Å²) in [5, 5.41) is 5.60. The summed E-state index contributed by atoms with van der Waals surface area (Å²) < 4.78 is 0. The Bertz CT molecular complexity index is 747. The Morgan fingerprint density at radius 2 is 1.32 bits per heavy atom. The van der Waals surface area contributed by atoms with Crippen molar-refractivity contribution in [1.29, 1.82) is 0 Å². The highest BCUT2D eigenvalue weighted by atomic mass is 15.2. The normalized spacial score (nSPS) is 22.2. The molecule has 0 radical (unpaired) electrons. The molecule has 22 heavy (non-hydrogen) atoms. The number of nitrogens with one attached hydrogen (secondary N) is 2. The fourth-order valence-corrected chi connectivity index (χ4v) is 3.76. The molecule has 0 spiro atoms. The average Bonchev–Trinajstić information content (AvgIpc) is 2.56. The lowest BCUT2D eigenvalue weighted by Crippen LogP contribution is -3.26. The Morgan fingerprint density at radius 1 is 0.773 bits per heavy atom. The van der Waals surface area contributed by atoms with Crippen LogP contribution in [0, 0.1) is 0 Å². The highest BCUT2D eigenvalue weighted by Crippen LogP contribution is 2.27. The second kappa shape index (κ2) is 5.71. The van der Waals surface area contributed by atoms with Gasteiger partial charge < -0.3 is 9.80 Å². The summed E-state index contributed by atoms with van der Waals surface area (Å²) in [6, 6.07) is 20.0. The molecule has 4 rings (SSSR count). The van der Waals surface area contributed by atoms with Crippen LogP contribution in [0.5, 0.6) is 0 Å². The first-order chi connectivity index (χ1) is 10.8. The molecular weight excluding hydrogens is 268 g/mol. The van der Waals surface area contributed by atoms with Crippen LogP contribution in [0.3, 0.4) is 0 Å². The van der Waals surface area contributed by atoms with Gasteiger partial charge in [-0.2, -0.15) is 0 Å². The zero-order valence-corrected chi connectivity index (χ0v) is 13.2. The molecule has 0 saturated carbocycles. The summed E-state index contributed by atoms with van der Waals surface area (Å²) in [4.78, 5) is 3.40. The standard InChI is InChI=1S/C20H22N2/c1-21-10-12-22(13-11-21)15-20-18-8-4-2-6-16(18)14-17-7-3-5-9-19(17)20/h2-9,14H,10-13,15H2,1H3/p+2. The quantitative estimate of drug-likeness (QED) is 0.650. The summed E-state index contributed by atoms with van der Waals surface area (Å²) in [6.45, 7) is 6.29. The SMILES string of the molecule is C[NH+]1CC[NH+](Cc2c3ccccc3cc3ccccc23)CC1. The van der Waals surface area contributed by atoms with Crippen LogP contribution in [0.4, 0.5) is 0 Å². The van der Waals surface area contributed by atoms with Crippen molar-refractivity contribution in [3.63, 3.8) is 0 Å². The minimum Gasteiger partial charge on any atom is -0.328 e. The van der Waals surface area contributed by atoms with Gasteiger partial charge in [0.15, 0.2) is 0 Å². The van der Waals surface area contributed by atoms with E-state index in [1.807, 2.05) is 0 Å². The molecule has 0 aromatic heterocycles. The number of piperazine rings is 1. The number of hydrogen-bond donors (Lipinski definition) is 2. The highest BCUT2D eigenvalue weighted by Gasteiger charge is 2.21. The summed E-state index contributed by atoms with van der Waals surface area (Å²) in [6.07, 6.45) is 0. The third kappa shape index (κ3) is 2.49. The molecule has 112 valence electrons. The Morgan fingerprint density at radius 3 is 1.91 bits per heavy atom. The van der Waals surface area contributed by atoms with Crippen molar-refractivity contribution in [2.75, 3.05) is 33.2 Å². The van der Waals surface area contributed by atoms with Gasteiger partial charge >= 0.3 is 0 Å². The number of rotatable bonds is 2. The molecule has 3 aromatic rings. The van der Waals surface area contributed by atoms with E-state index in [1.54, 1.807) is 9.80 Å². The molecular formula is C20H24N2+2. The third-order valence-corrected chi connectivity index (χ3v) is 5.12. The van der Waals surface area contributed by atoms with E-state index in [9.17, 15) is 0 Å². The first-order valence-electron chi connectivity index (χ1n) is 8.35. The molecule has 0 amide bonds. The van der Waals surface area contributed by atoms with E-state index >= 15 is 0 Å². The zero-order chi connectivity index (χ0) is 14.9. The first kappa shape index (κ1) is 13.7. The van der Waals surface area contributed by atoms with Gasteiger partial charge in [-0.3, -0.25) is 0 Å². The number of fused-ring (bicyclic) bond motifs is 2. The average molecular weight is 292 g/mol. The van der Waals surface area contributed by atoms with E-state index in [4.69, 9.17) is 0 Å². The monoisotopic (exact) mass is 292 g/mol. The number of hydrogen-bond acceptors (Lipinski definition) is 0. The van der Waals surface area contributed by atoms with Crippen LogP contribution in [0.25, 0.3) is 21.5 Å². The number of likely N-dealkylation sites (N-methyl/N-ethyl adjacent to an activating group) is 1. The summed E-state index contributed by atoms with van der Waals surface area (Å²) in [5.41, 5.74) is 1.53. The Hall–Kier alpha value is -1.90. The highest BCUT2D eigenvalue weighted by molar-refractivity contribution is 6.02. The molecule has 2 nitrogen and oxygen atoms in total. The lowest BCUT2D eigenvalue weighted by atomic mass is 9.96. The van der Waals surface area contributed by atoms with Gasteiger partial charge in [-0.15, -0.1) is 0 Å². The molecule has 3 aromatic carbocycles. The van der Waals surface area contributed by atoms with E-state index in [-0.39, 0.29) is 0 Å². The van der Waals surface area contributed by atoms with E-state index in [0.717, 1.165) is 6.54 Å². The maximum absolute atomic E-state index is 2.33. The minimum absolute atomic E-state index is 1.15. The van der Waals surface area contributed by atoms with Crippen molar-refractivity contribution in [3.8, 4) is 0 Å². The fourth-order valence-electron chi connectivity index (χ4n) is 3.76. The van der Waals surface area contributed by atoms with Gasteiger partial charge in [-0.1, -0.05) is 48.5 Å². The smallest absolute Gasteiger partial charge is 0.127 e. The van der Waals surface area contributed by atoms with Gasteiger partial charge in [0.1, 0.15) is 32.7 Å². The Balaban J connectivity index is 1.82. The van der Waals surface area contributed by atoms with Crippen LogP contribution in [-0.2, 0) is 6.54 Å². The van der Waals surface area contributed by atoms with Crippen molar-refractivity contribution in [2.45, 2.75) is 6.54 Å². The molecule has 2 N–H and O–H groups in total. The topological polar surface area (TPSA) is 8.88 Å². The summed E-state index contributed by atoms with van der Waals surface area (Å²) in [7, 11) is 2.31. The van der Waals surface area contributed by atoms with Crippen LogP contribution in [0.15, 0.2) is 54.6 Å². The zero-order valence-electron chi connectivity index (χ0n) is 13.2. The van der Waals surface area contributed by atoms with E-state index in [0.29, 0.717) is 0 Å². The Kier molecular flexibility index (Phi) is 3.57. The van der Waals surface area contributed by atoms with E-state index < -0.39 is 0 Å². The van der Waals surface area contributed by atoms with E-state index in [1.165, 1.54) is 53.3 Å². The number of quaternary nitrogens is 2. The fraction of sp³-hybridized carbons (Fsp3) is 0.300. The minimum atomic E-state index is 1.15. The summed E-state index contributed by atoms with van der Waals surface area (Å²) >= 11 is 0. The molecule has 1 fully saturated rings. The predicted octanol–water partition coefficient (Wildman–Crippen LogP) is 0.906. The van der Waals surface area contributed by atoms with Crippen LogP contribution in [0.2, 0.25) is 0 Å². The molecule has 2 heteroatoms. The molecule has 1 aliphatic rings. The van der Waals surface area contributed by atoms with Crippen molar-refractivity contribution < 1.29 is 9.80 Å². The van der Waals surface area contributed by atoms with Gasteiger partial charge in [0.05, 0.1) is 7.05 Å². The van der Waals surface area contributed by atoms with Gasteiger partial charge in [0, 0.05) is 5.56 Å². The van der Waals surface area contributed by atoms with Crippen LogP contribution >= 0.6 is 0 Å². The lowest BCUT2D eigenvalue weighted by Gasteiger charge is -2.28. The molecule has 0 aliphatic carbocycles. The van der Waals surface area contributed by atoms with Crippen molar-refractivity contribution in [3.05, 3.63) is 60.2 Å². The number of benzene rings is 3. The molecule has 1 aliphatic heterocycles. The van der Waals surface area contributed by atoms with Gasteiger partial charge in [-0.05, 0) is 27.6 Å². The van der Waals surface area contributed by atoms with E-state index in [2.05, 4.69) is 61.6 Å². The molecule has 0 bridgehead atoms. The van der Waals surface area contributed by atoms with Crippen molar-refractivity contribution in [1.82, 2.24) is 0 Å². The van der Waals surface area contributed by atoms with Crippen LogP contribution in [0.1, 0.15) is 5.56 Å². The second-order valence-corrected chi connectivity index (χ2v) is 6.68. The van der Waals surface area contributed by atoms with Crippen molar-refractivity contribution >= 4 is 21.5 Å². The predicted molar refractivity (Wildman–Crippen MR) is 92.5 cm³/mol. The third-order valence-electron chi connectivity index (χ3n) is 5.12. The van der Waals surface area contributed by atoms with Gasteiger partial charge in [-0.25, -0.2) is 0 Å². The largest absolute Gasteiger partial charge is 0.328 e. The Labute approximate surface area is 131 Å².